The monoisotopic (exact) mass is 394 g/mol. The lowest BCUT2D eigenvalue weighted by atomic mass is 9.60. The summed E-state index contributed by atoms with van der Waals surface area (Å²) in [6, 6.07) is 2.58. The van der Waals surface area contributed by atoms with Crippen molar-refractivity contribution in [3.8, 4) is 0 Å². The third kappa shape index (κ3) is 3.62. The molecule has 0 bridgehead atoms. The van der Waals surface area contributed by atoms with Crippen LogP contribution >= 0.6 is 0 Å². The summed E-state index contributed by atoms with van der Waals surface area (Å²) in [5.74, 6) is 3.58. The minimum absolute atomic E-state index is 0.134. The zero-order valence-electron chi connectivity index (χ0n) is 19.6. The molecule has 0 spiro atoms. The highest BCUT2D eigenvalue weighted by Crippen LogP contribution is 2.61. The van der Waals surface area contributed by atoms with Crippen molar-refractivity contribution in [2.45, 2.75) is 98.5 Å². The van der Waals surface area contributed by atoms with E-state index in [1.165, 1.54) is 42.4 Å². The molecule has 3 aliphatic carbocycles. The largest absolute Gasteiger partial charge is 0.393 e. The molecule has 3 aliphatic rings. The van der Waals surface area contributed by atoms with Gasteiger partial charge in [-0.2, -0.15) is 0 Å². The number of hydrogen-bond acceptors (Lipinski definition) is 1. The molecule has 29 heavy (non-hydrogen) atoms. The van der Waals surface area contributed by atoms with Gasteiger partial charge < -0.3 is 5.11 Å². The van der Waals surface area contributed by atoms with Gasteiger partial charge in [-0.3, -0.25) is 0 Å². The number of benzene rings is 1. The summed E-state index contributed by atoms with van der Waals surface area (Å²) in [7, 11) is 0. The van der Waals surface area contributed by atoms with Crippen LogP contribution in [0.4, 0.5) is 0 Å². The zero-order chi connectivity index (χ0) is 20.9. The molecule has 0 saturated heterocycles. The van der Waals surface area contributed by atoms with Crippen LogP contribution in [0.2, 0.25) is 0 Å². The SMILES string of the molecule is Cc1c2c(cc3c1CCC1(C)C3CCC1C(C)/C=C/C(C)C(C)C)CCC(O)C2. The highest BCUT2D eigenvalue weighted by molar-refractivity contribution is 5.50. The maximum absolute atomic E-state index is 10.2. The number of hydrogen-bond donors (Lipinski definition) is 1. The van der Waals surface area contributed by atoms with E-state index in [0.717, 1.165) is 37.0 Å². The van der Waals surface area contributed by atoms with Crippen molar-refractivity contribution in [3.05, 3.63) is 46.0 Å². The van der Waals surface area contributed by atoms with Gasteiger partial charge >= 0.3 is 0 Å². The first-order valence-electron chi connectivity index (χ1n) is 12.2. The van der Waals surface area contributed by atoms with Crippen LogP contribution < -0.4 is 0 Å². The number of fused-ring (bicyclic) bond motifs is 4. The van der Waals surface area contributed by atoms with E-state index in [0.29, 0.717) is 17.3 Å². The minimum Gasteiger partial charge on any atom is -0.393 e. The van der Waals surface area contributed by atoms with Crippen molar-refractivity contribution in [1.29, 1.82) is 0 Å². The van der Waals surface area contributed by atoms with Crippen LogP contribution in [0.3, 0.4) is 0 Å². The fraction of sp³-hybridized carbons (Fsp3) is 0.714. The van der Waals surface area contributed by atoms with Crippen LogP contribution in [0.5, 0.6) is 0 Å². The molecule has 0 aliphatic heterocycles. The minimum atomic E-state index is -0.134. The number of allylic oxidation sites excluding steroid dienone is 2. The number of aliphatic hydroxyl groups is 1. The van der Waals surface area contributed by atoms with Gasteiger partial charge in [-0.05, 0) is 115 Å². The van der Waals surface area contributed by atoms with Crippen LogP contribution in [-0.2, 0) is 19.3 Å². The fourth-order valence-electron chi connectivity index (χ4n) is 6.91. The summed E-state index contributed by atoms with van der Waals surface area (Å²) in [6.45, 7) is 14.4. The molecular weight excluding hydrogens is 352 g/mol. The number of aliphatic hydroxyl groups excluding tert-OH is 1. The van der Waals surface area contributed by atoms with Gasteiger partial charge in [0.05, 0.1) is 6.10 Å². The third-order valence-electron chi connectivity index (χ3n) is 9.26. The lowest BCUT2D eigenvalue weighted by molar-refractivity contribution is 0.141. The van der Waals surface area contributed by atoms with Crippen LogP contribution in [0, 0.1) is 36.0 Å². The average molecular weight is 395 g/mol. The molecule has 160 valence electrons. The molecule has 4 rings (SSSR count). The van der Waals surface area contributed by atoms with E-state index >= 15 is 0 Å². The van der Waals surface area contributed by atoms with Gasteiger partial charge in [-0.15, -0.1) is 0 Å². The Kier molecular flexibility index (Phi) is 5.75. The molecule has 0 amide bonds. The van der Waals surface area contributed by atoms with Crippen molar-refractivity contribution in [2.75, 3.05) is 0 Å². The van der Waals surface area contributed by atoms with E-state index in [1.54, 1.807) is 11.1 Å². The Hall–Kier alpha value is -1.08. The summed E-state index contributed by atoms with van der Waals surface area (Å²) in [5.41, 5.74) is 8.28. The van der Waals surface area contributed by atoms with Crippen LogP contribution in [0.25, 0.3) is 0 Å². The van der Waals surface area contributed by atoms with E-state index in [9.17, 15) is 5.11 Å². The standard InChI is InChI=1S/C28H42O/c1-17(2)18(3)7-8-19(4)26-11-12-27-25-15-21-9-10-22(29)16-24(21)20(5)23(25)13-14-28(26,27)6/h7-8,15,17-19,22,26-27,29H,9-14,16H2,1-6H3/b8-7+. The topological polar surface area (TPSA) is 20.2 Å². The molecule has 1 nitrogen and oxygen atoms in total. The molecule has 0 heterocycles. The van der Waals surface area contributed by atoms with Gasteiger partial charge in [0, 0.05) is 0 Å². The molecule has 1 fully saturated rings. The van der Waals surface area contributed by atoms with E-state index in [1.807, 2.05) is 0 Å². The Morgan fingerprint density at radius 3 is 2.52 bits per heavy atom. The lowest BCUT2D eigenvalue weighted by Gasteiger charge is -2.45. The van der Waals surface area contributed by atoms with E-state index in [2.05, 4.69) is 59.8 Å². The predicted octanol–water partition coefficient (Wildman–Crippen LogP) is 6.78. The van der Waals surface area contributed by atoms with Crippen LogP contribution in [-0.4, -0.2) is 11.2 Å². The summed E-state index contributed by atoms with van der Waals surface area (Å²) in [6.07, 6.45) is 13.0. The highest BCUT2D eigenvalue weighted by atomic mass is 16.3. The van der Waals surface area contributed by atoms with Crippen LogP contribution in [0.15, 0.2) is 18.2 Å². The molecule has 1 N–H and O–H groups in total. The number of rotatable bonds is 4. The van der Waals surface area contributed by atoms with Crippen molar-refractivity contribution in [1.82, 2.24) is 0 Å². The Morgan fingerprint density at radius 1 is 1.03 bits per heavy atom. The van der Waals surface area contributed by atoms with E-state index in [-0.39, 0.29) is 6.10 Å². The van der Waals surface area contributed by atoms with Gasteiger partial charge in [0.15, 0.2) is 0 Å². The average Bonchev–Trinajstić information content (AvgIpc) is 3.04. The Morgan fingerprint density at radius 2 is 1.79 bits per heavy atom. The molecule has 6 unspecified atom stereocenters. The molecule has 0 aromatic heterocycles. The van der Waals surface area contributed by atoms with E-state index < -0.39 is 0 Å². The summed E-state index contributed by atoms with van der Waals surface area (Å²) in [5, 5.41) is 10.2. The second-order valence-corrected chi connectivity index (χ2v) is 11.2. The first kappa shape index (κ1) is 21.2. The number of aryl methyl sites for hydroxylation is 1. The van der Waals surface area contributed by atoms with Gasteiger partial charge in [0.2, 0.25) is 0 Å². The molecule has 1 heteroatoms. The Bertz CT molecular complexity index is 788. The second-order valence-electron chi connectivity index (χ2n) is 11.2. The Balaban J connectivity index is 1.62. The molecule has 6 atom stereocenters. The molecule has 0 radical (unpaired) electrons. The van der Waals surface area contributed by atoms with Gasteiger partial charge in [0.25, 0.3) is 0 Å². The Labute approximate surface area is 179 Å². The first-order valence-corrected chi connectivity index (χ1v) is 12.2. The molecule has 1 saturated carbocycles. The normalized spacial score (nSPS) is 33.4. The van der Waals surface area contributed by atoms with Gasteiger partial charge in [-0.25, -0.2) is 0 Å². The first-order chi connectivity index (χ1) is 13.7. The third-order valence-corrected chi connectivity index (χ3v) is 9.26. The van der Waals surface area contributed by atoms with Crippen LogP contribution in [0.1, 0.15) is 94.0 Å². The maximum atomic E-state index is 10.2. The quantitative estimate of drug-likeness (QED) is 0.558. The second kappa shape index (κ2) is 7.88. The molecule has 1 aromatic rings. The van der Waals surface area contributed by atoms with Gasteiger partial charge in [-0.1, -0.05) is 52.8 Å². The summed E-state index contributed by atoms with van der Waals surface area (Å²) in [4.78, 5) is 0. The fourth-order valence-corrected chi connectivity index (χ4v) is 6.91. The molecular formula is C28H42O. The summed E-state index contributed by atoms with van der Waals surface area (Å²) >= 11 is 0. The van der Waals surface area contributed by atoms with Gasteiger partial charge in [0.1, 0.15) is 0 Å². The maximum Gasteiger partial charge on any atom is 0.0583 e. The zero-order valence-corrected chi connectivity index (χ0v) is 19.6. The highest BCUT2D eigenvalue weighted by Gasteiger charge is 2.51. The smallest absolute Gasteiger partial charge is 0.0583 e. The lowest BCUT2D eigenvalue weighted by Crippen LogP contribution is -2.35. The summed E-state index contributed by atoms with van der Waals surface area (Å²) < 4.78 is 0. The van der Waals surface area contributed by atoms with Crippen molar-refractivity contribution < 1.29 is 5.11 Å². The molecule has 1 aromatic carbocycles. The van der Waals surface area contributed by atoms with Crippen molar-refractivity contribution in [3.63, 3.8) is 0 Å². The van der Waals surface area contributed by atoms with Crippen molar-refractivity contribution >= 4 is 0 Å². The van der Waals surface area contributed by atoms with E-state index in [4.69, 9.17) is 0 Å². The predicted molar refractivity (Wildman–Crippen MR) is 123 cm³/mol. The van der Waals surface area contributed by atoms with Crippen molar-refractivity contribution in [2.24, 2.45) is 29.1 Å².